The summed E-state index contributed by atoms with van der Waals surface area (Å²) in [5.41, 5.74) is 0.947. The fraction of sp³-hybridized carbons (Fsp3) is 0.640. The zero-order chi connectivity index (χ0) is 21.2. The first-order valence-electron chi connectivity index (χ1n) is 11.3. The van der Waals surface area contributed by atoms with Crippen LogP contribution in [0.15, 0.2) is 36.4 Å². The van der Waals surface area contributed by atoms with E-state index in [9.17, 15) is 9.90 Å². The number of rotatable bonds is 18. The molecule has 1 rings (SSSR count). The third-order valence-electron chi connectivity index (χ3n) is 5.11. The minimum Gasteiger partial charge on any atom is -0.497 e. The number of hydrogen-bond donors (Lipinski definition) is 1. The molecule has 1 aromatic carbocycles. The van der Waals surface area contributed by atoms with Crippen molar-refractivity contribution in [2.45, 2.75) is 96.7 Å². The first-order chi connectivity index (χ1) is 14.2. The van der Waals surface area contributed by atoms with Crippen LogP contribution in [-0.2, 0) is 16.1 Å². The van der Waals surface area contributed by atoms with Crippen LogP contribution in [0.2, 0.25) is 0 Å². The van der Waals surface area contributed by atoms with Crippen molar-refractivity contribution >= 4 is 5.97 Å². The third kappa shape index (κ3) is 13.1. The molecule has 0 radical (unpaired) electrons. The van der Waals surface area contributed by atoms with E-state index in [1.165, 1.54) is 51.4 Å². The molecule has 4 nitrogen and oxygen atoms in total. The van der Waals surface area contributed by atoms with Crippen molar-refractivity contribution in [3.8, 4) is 5.75 Å². The van der Waals surface area contributed by atoms with Crippen LogP contribution in [0.4, 0.5) is 0 Å². The van der Waals surface area contributed by atoms with Gasteiger partial charge in [-0.3, -0.25) is 0 Å². The van der Waals surface area contributed by atoms with E-state index in [0.717, 1.165) is 30.6 Å². The van der Waals surface area contributed by atoms with Gasteiger partial charge in [0.25, 0.3) is 0 Å². The summed E-state index contributed by atoms with van der Waals surface area (Å²) in [7, 11) is 1.62. The normalized spacial score (nSPS) is 12.3. The van der Waals surface area contributed by atoms with E-state index < -0.39 is 12.1 Å². The van der Waals surface area contributed by atoms with Gasteiger partial charge < -0.3 is 14.6 Å². The Morgan fingerprint density at radius 2 is 1.52 bits per heavy atom. The molecule has 0 aliphatic heterocycles. The molecule has 0 unspecified atom stereocenters. The van der Waals surface area contributed by atoms with E-state index in [2.05, 4.69) is 19.1 Å². The van der Waals surface area contributed by atoms with E-state index in [1.807, 2.05) is 24.3 Å². The van der Waals surface area contributed by atoms with E-state index in [0.29, 0.717) is 13.0 Å². The highest BCUT2D eigenvalue weighted by Gasteiger charge is 2.17. The molecule has 1 atom stereocenters. The largest absolute Gasteiger partial charge is 0.497 e. The van der Waals surface area contributed by atoms with Crippen LogP contribution in [0.3, 0.4) is 0 Å². The number of ether oxygens (including phenoxy) is 2. The summed E-state index contributed by atoms with van der Waals surface area (Å²) in [6.45, 7) is 2.55. The summed E-state index contributed by atoms with van der Waals surface area (Å²) in [6, 6.07) is 7.49. The monoisotopic (exact) mass is 404 g/mol. The summed E-state index contributed by atoms with van der Waals surface area (Å²) in [5.74, 6) is -0.108. The van der Waals surface area contributed by atoms with Crippen molar-refractivity contribution in [1.82, 2.24) is 0 Å². The minimum absolute atomic E-state index is 0.301. The van der Waals surface area contributed by atoms with Gasteiger partial charge >= 0.3 is 5.97 Å². The highest BCUT2D eigenvalue weighted by molar-refractivity contribution is 5.72. The fourth-order valence-electron chi connectivity index (χ4n) is 3.25. The maximum absolute atomic E-state index is 11.4. The number of aliphatic carboxylic acids is 1. The Morgan fingerprint density at radius 3 is 2.10 bits per heavy atom. The summed E-state index contributed by atoms with van der Waals surface area (Å²) < 4.78 is 10.7. The van der Waals surface area contributed by atoms with E-state index in [4.69, 9.17) is 9.47 Å². The van der Waals surface area contributed by atoms with Crippen LogP contribution in [0, 0.1) is 0 Å². The standard InChI is InChI=1S/C25H40O4/c1-3-4-5-6-7-8-9-10-11-12-13-14-15-16-24(25(26)27)29-21-22-17-19-23(28-2)20-18-22/h12-13,17-20,24H,3-11,14-16,21H2,1-2H3,(H,26,27)/b13-12-/t24-/m1/s1. The summed E-state index contributed by atoms with van der Waals surface area (Å²) in [6.07, 6.45) is 17.8. The van der Waals surface area contributed by atoms with Crippen molar-refractivity contribution < 1.29 is 19.4 Å². The summed E-state index contributed by atoms with van der Waals surface area (Å²) in [4.78, 5) is 11.4. The Hall–Kier alpha value is -1.81. The minimum atomic E-state index is -0.888. The molecule has 0 aromatic heterocycles. The number of methoxy groups -OCH3 is 1. The third-order valence-corrected chi connectivity index (χ3v) is 5.11. The van der Waals surface area contributed by atoms with Crippen LogP contribution in [0.5, 0.6) is 5.75 Å². The molecule has 0 heterocycles. The number of carboxylic acid groups (broad SMARTS) is 1. The average Bonchev–Trinajstić information content (AvgIpc) is 2.73. The molecular weight excluding hydrogens is 364 g/mol. The molecule has 164 valence electrons. The smallest absolute Gasteiger partial charge is 0.332 e. The maximum Gasteiger partial charge on any atom is 0.332 e. The Kier molecular flexibility index (Phi) is 14.9. The van der Waals surface area contributed by atoms with Gasteiger partial charge in [0.1, 0.15) is 5.75 Å². The lowest BCUT2D eigenvalue weighted by atomic mass is 10.1. The number of allylic oxidation sites excluding steroid dienone is 2. The van der Waals surface area contributed by atoms with Crippen LogP contribution in [-0.4, -0.2) is 24.3 Å². The maximum atomic E-state index is 11.4. The molecule has 0 fully saturated rings. The summed E-state index contributed by atoms with van der Waals surface area (Å²) >= 11 is 0. The molecule has 0 aliphatic carbocycles. The van der Waals surface area contributed by atoms with Gasteiger partial charge in [-0.2, -0.15) is 0 Å². The molecule has 0 spiro atoms. The molecule has 4 heteroatoms. The molecule has 29 heavy (non-hydrogen) atoms. The quantitative estimate of drug-likeness (QED) is 0.213. The van der Waals surface area contributed by atoms with E-state index in [-0.39, 0.29) is 0 Å². The SMILES string of the molecule is CCCCCCCCCC/C=C\CCC[C@@H](OCc1ccc(OC)cc1)C(=O)O. The first kappa shape index (κ1) is 25.2. The molecule has 1 aromatic rings. The zero-order valence-electron chi connectivity index (χ0n) is 18.4. The van der Waals surface area contributed by atoms with Gasteiger partial charge in [0.05, 0.1) is 13.7 Å². The van der Waals surface area contributed by atoms with Crippen LogP contribution >= 0.6 is 0 Å². The first-order valence-corrected chi connectivity index (χ1v) is 11.3. The van der Waals surface area contributed by atoms with Gasteiger partial charge in [-0.1, -0.05) is 76.2 Å². The second kappa shape index (κ2) is 17.1. The van der Waals surface area contributed by atoms with Gasteiger partial charge in [-0.05, 0) is 49.8 Å². The zero-order valence-corrected chi connectivity index (χ0v) is 18.4. The second-order valence-electron chi connectivity index (χ2n) is 7.65. The molecule has 0 aliphatic rings. The lowest BCUT2D eigenvalue weighted by Gasteiger charge is -2.13. The van der Waals surface area contributed by atoms with Crippen molar-refractivity contribution in [3.05, 3.63) is 42.0 Å². The number of benzene rings is 1. The Balaban J connectivity index is 2.08. The molecule has 0 saturated carbocycles. The van der Waals surface area contributed by atoms with Crippen molar-refractivity contribution in [1.29, 1.82) is 0 Å². The highest BCUT2D eigenvalue weighted by Crippen LogP contribution is 2.15. The van der Waals surface area contributed by atoms with Gasteiger partial charge in [0, 0.05) is 0 Å². The van der Waals surface area contributed by atoms with E-state index >= 15 is 0 Å². The molecule has 0 bridgehead atoms. The van der Waals surface area contributed by atoms with Crippen LogP contribution < -0.4 is 4.74 Å². The van der Waals surface area contributed by atoms with Gasteiger partial charge in [-0.15, -0.1) is 0 Å². The highest BCUT2D eigenvalue weighted by atomic mass is 16.5. The van der Waals surface area contributed by atoms with Gasteiger partial charge in [0.15, 0.2) is 6.10 Å². The van der Waals surface area contributed by atoms with Gasteiger partial charge in [-0.25, -0.2) is 4.79 Å². The lowest BCUT2D eigenvalue weighted by molar-refractivity contribution is -0.151. The lowest BCUT2D eigenvalue weighted by Crippen LogP contribution is -2.23. The van der Waals surface area contributed by atoms with Crippen molar-refractivity contribution in [2.24, 2.45) is 0 Å². The second-order valence-corrected chi connectivity index (χ2v) is 7.65. The predicted octanol–water partition coefficient (Wildman–Crippen LogP) is 6.92. The molecular formula is C25H40O4. The van der Waals surface area contributed by atoms with Crippen molar-refractivity contribution in [2.75, 3.05) is 7.11 Å². The average molecular weight is 405 g/mol. The predicted molar refractivity (Wildman–Crippen MR) is 119 cm³/mol. The summed E-state index contributed by atoms with van der Waals surface area (Å²) in [5, 5.41) is 9.36. The Labute approximate surface area is 177 Å². The van der Waals surface area contributed by atoms with Crippen LogP contribution in [0.1, 0.15) is 89.5 Å². The molecule has 0 amide bonds. The van der Waals surface area contributed by atoms with E-state index in [1.54, 1.807) is 7.11 Å². The van der Waals surface area contributed by atoms with Crippen molar-refractivity contribution in [3.63, 3.8) is 0 Å². The Bertz CT molecular complexity index is 550. The fourth-order valence-corrected chi connectivity index (χ4v) is 3.25. The number of unbranched alkanes of at least 4 members (excludes halogenated alkanes) is 9. The van der Waals surface area contributed by atoms with Crippen LogP contribution in [0.25, 0.3) is 0 Å². The number of hydrogen-bond acceptors (Lipinski definition) is 3. The van der Waals surface area contributed by atoms with Gasteiger partial charge in [0.2, 0.25) is 0 Å². The topological polar surface area (TPSA) is 55.8 Å². The molecule has 1 N–H and O–H groups in total. The Morgan fingerprint density at radius 1 is 0.931 bits per heavy atom. The number of carboxylic acids is 1. The molecule has 0 saturated heterocycles. The number of carbonyl (C=O) groups is 1.